The van der Waals surface area contributed by atoms with Crippen LogP contribution in [0.2, 0.25) is 0 Å². The average molecular weight is 215 g/mol. The number of nitrogens with two attached hydrogens (primary N) is 1. The Kier molecular flexibility index (Phi) is 2.17. The maximum Gasteiger partial charge on any atom is 0.273 e. The van der Waals surface area contributed by atoms with E-state index in [1.54, 1.807) is 0 Å². The van der Waals surface area contributed by atoms with E-state index >= 15 is 0 Å². The molecule has 0 unspecified atom stereocenters. The quantitative estimate of drug-likeness (QED) is 0.661. The van der Waals surface area contributed by atoms with Crippen LogP contribution in [0.15, 0.2) is 6.07 Å². The smallest absolute Gasteiger partial charge is 0.273 e. The molecule has 0 spiro atoms. The Hall–Kier alpha value is -1.19. The summed E-state index contributed by atoms with van der Waals surface area (Å²) in [6, 6.07) is 1.13. The standard InChI is InChI=1S/C11H12F3N/c1-6-8(12)5-9(15)7-3-2-4-11(13,14)10(6)7/h5H,2-4,15H2,1H3. The van der Waals surface area contributed by atoms with E-state index in [9.17, 15) is 13.2 Å². The second-order valence-corrected chi connectivity index (χ2v) is 3.98. The number of hydrogen-bond donors (Lipinski definition) is 1. The lowest BCUT2D eigenvalue weighted by atomic mass is 9.84. The number of rotatable bonds is 0. The SMILES string of the molecule is Cc1c(F)cc(N)c2c1C(F)(F)CCC2. The highest BCUT2D eigenvalue weighted by atomic mass is 19.3. The molecule has 2 rings (SSSR count). The lowest BCUT2D eigenvalue weighted by Gasteiger charge is -2.28. The largest absolute Gasteiger partial charge is 0.398 e. The lowest BCUT2D eigenvalue weighted by molar-refractivity contribution is -0.0225. The van der Waals surface area contributed by atoms with Crippen LogP contribution in [0.3, 0.4) is 0 Å². The van der Waals surface area contributed by atoms with E-state index in [0.717, 1.165) is 6.07 Å². The van der Waals surface area contributed by atoms with Crippen LogP contribution >= 0.6 is 0 Å². The van der Waals surface area contributed by atoms with E-state index in [2.05, 4.69) is 0 Å². The molecule has 0 fully saturated rings. The molecule has 0 saturated carbocycles. The van der Waals surface area contributed by atoms with Crippen molar-refractivity contribution in [2.24, 2.45) is 0 Å². The Labute approximate surface area is 86.1 Å². The van der Waals surface area contributed by atoms with Gasteiger partial charge in [0.25, 0.3) is 5.92 Å². The van der Waals surface area contributed by atoms with Crippen molar-refractivity contribution in [3.8, 4) is 0 Å². The normalized spacial score (nSPS) is 18.7. The van der Waals surface area contributed by atoms with Crippen LogP contribution in [-0.2, 0) is 12.3 Å². The van der Waals surface area contributed by atoms with Gasteiger partial charge in [-0.2, -0.15) is 0 Å². The summed E-state index contributed by atoms with van der Waals surface area (Å²) in [6.07, 6.45) is 0.691. The highest BCUT2D eigenvalue weighted by Gasteiger charge is 2.39. The van der Waals surface area contributed by atoms with Gasteiger partial charge >= 0.3 is 0 Å². The molecule has 15 heavy (non-hydrogen) atoms. The monoisotopic (exact) mass is 215 g/mol. The molecule has 0 saturated heterocycles. The van der Waals surface area contributed by atoms with E-state index < -0.39 is 11.7 Å². The molecular weight excluding hydrogens is 203 g/mol. The zero-order chi connectivity index (χ0) is 11.2. The van der Waals surface area contributed by atoms with Crippen LogP contribution in [0.4, 0.5) is 18.9 Å². The first-order valence-corrected chi connectivity index (χ1v) is 4.89. The van der Waals surface area contributed by atoms with Crippen molar-refractivity contribution in [1.29, 1.82) is 0 Å². The van der Waals surface area contributed by atoms with Crippen molar-refractivity contribution in [2.75, 3.05) is 5.73 Å². The third-order valence-electron chi connectivity index (χ3n) is 2.95. The molecule has 0 bridgehead atoms. The zero-order valence-corrected chi connectivity index (χ0v) is 8.41. The maximum absolute atomic E-state index is 13.6. The third-order valence-corrected chi connectivity index (χ3v) is 2.95. The molecule has 1 aliphatic carbocycles. The van der Waals surface area contributed by atoms with Crippen LogP contribution in [0.25, 0.3) is 0 Å². The molecule has 82 valence electrons. The number of alkyl halides is 2. The van der Waals surface area contributed by atoms with Crippen LogP contribution < -0.4 is 5.73 Å². The summed E-state index contributed by atoms with van der Waals surface area (Å²) >= 11 is 0. The molecule has 0 aliphatic heterocycles. The highest BCUT2D eigenvalue weighted by Crippen LogP contribution is 2.44. The molecule has 1 aromatic rings. The van der Waals surface area contributed by atoms with Gasteiger partial charge in [0.15, 0.2) is 0 Å². The minimum atomic E-state index is -2.94. The van der Waals surface area contributed by atoms with Gasteiger partial charge < -0.3 is 5.73 Å². The van der Waals surface area contributed by atoms with Gasteiger partial charge in [-0.05, 0) is 37.0 Å². The Morgan fingerprint density at radius 2 is 2.07 bits per heavy atom. The van der Waals surface area contributed by atoms with Crippen molar-refractivity contribution in [1.82, 2.24) is 0 Å². The molecule has 1 aliphatic rings. The average Bonchev–Trinajstić information content (AvgIpc) is 2.13. The van der Waals surface area contributed by atoms with Crippen LogP contribution in [-0.4, -0.2) is 0 Å². The first-order valence-electron chi connectivity index (χ1n) is 4.89. The second kappa shape index (κ2) is 3.15. The Morgan fingerprint density at radius 3 is 2.73 bits per heavy atom. The van der Waals surface area contributed by atoms with E-state index in [1.165, 1.54) is 6.92 Å². The van der Waals surface area contributed by atoms with Crippen LogP contribution in [0.5, 0.6) is 0 Å². The minimum absolute atomic E-state index is 0.0314. The van der Waals surface area contributed by atoms with E-state index in [0.29, 0.717) is 18.4 Å². The summed E-state index contributed by atoms with van der Waals surface area (Å²) < 4.78 is 40.5. The van der Waals surface area contributed by atoms with Crippen molar-refractivity contribution >= 4 is 5.69 Å². The van der Waals surface area contributed by atoms with Gasteiger partial charge in [0.2, 0.25) is 0 Å². The highest BCUT2D eigenvalue weighted by molar-refractivity contribution is 5.56. The minimum Gasteiger partial charge on any atom is -0.398 e. The van der Waals surface area contributed by atoms with Crippen LogP contribution in [0.1, 0.15) is 29.5 Å². The van der Waals surface area contributed by atoms with Crippen molar-refractivity contribution in [3.05, 3.63) is 28.6 Å². The molecule has 0 heterocycles. The predicted octanol–water partition coefficient (Wildman–Crippen LogP) is 3.14. The summed E-state index contributed by atoms with van der Waals surface area (Å²) in [5.41, 5.74) is 5.97. The molecule has 2 N–H and O–H groups in total. The van der Waals surface area contributed by atoms with Gasteiger partial charge in [-0.15, -0.1) is 0 Å². The number of halogens is 3. The fraction of sp³-hybridized carbons (Fsp3) is 0.455. The maximum atomic E-state index is 13.6. The topological polar surface area (TPSA) is 26.0 Å². The van der Waals surface area contributed by atoms with E-state index in [1.807, 2.05) is 0 Å². The first-order chi connectivity index (χ1) is 6.93. The lowest BCUT2D eigenvalue weighted by Crippen LogP contribution is -2.24. The van der Waals surface area contributed by atoms with Gasteiger partial charge in [0.05, 0.1) is 0 Å². The zero-order valence-electron chi connectivity index (χ0n) is 8.41. The number of fused-ring (bicyclic) bond motifs is 1. The Morgan fingerprint density at radius 1 is 1.40 bits per heavy atom. The summed E-state index contributed by atoms with van der Waals surface area (Å²) in [5.74, 6) is -3.58. The second-order valence-electron chi connectivity index (χ2n) is 3.98. The number of anilines is 1. The van der Waals surface area contributed by atoms with Crippen molar-refractivity contribution in [2.45, 2.75) is 32.1 Å². The predicted molar refractivity (Wildman–Crippen MR) is 52.4 cm³/mol. The molecule has 0 radical (unpaired) electrons. The Balaban J connectivity index is 2.74. The fourth-order valence-corrected chi connectivity index (χ4v) is 2.20. The molecule has 4 heteroatoms. The molecule has 0 aromatic heterocycles. The molecular formula is C11H12F3N. The number of benzene rings is 1. The number of hydrogen-bond acceptors (Lipinski definition) is 1. The van der Waals surface area contributed by atoms with Crippen molar-refractivity contribution in [3.63, 3.8) is 0 Å². The Bertz CT molecular complexity index is 413. The van der Waals surface area contributed by atoms with Crippen molar-refractivity contribution < 1.29 is 13.2 Å². The van der Waals surface area contributed by atoms with E-state index in [-0.39, 0.29) is 23.2 Å². The molecule has 0 atom stereocenters. The van der Waals surface area contributed by atoms with Gasteiger partial charge in [-0.25, -0.2) is 13.2 Å². The third kappa shape index (κ3) is 1.48. The molecule has 1 nitrogen and oxygen atoms in total. The summed E-state index contributed by atoms with van der Waals surface area (Å²) in [7, 11) is 0. The molecule has 1 aromatic carbocycles. The van der Waals surface area contributed by atoms with E-state index in [4.69, 9.17) is 5.73 Å². The van der Waals surface area contributed by atoms with Gasteiger partial charge in [0, 0.05) is 17.7 Å². The first kappa shape index (κ1) is 10.3. The summed E-state index contributed by atoms with van der Waals surface area (Å²) in [6.45, 7) is 1.38. The van der Waals surface area contributed by atoms with Gasteiger partial charge in [-0.3, -0.25) is 0 Å². The van der Waals surface area contributed by atoms with Crippen LogP contribution in [0, 0.1) is 12.7 Å². The van der Waals surface area contributed by atoms with Gasteiger partial charge in [0.1, 0.15) is 5.82 Å². The fourth-order valence-electron chi connectivity index (χ4n) is 2.20. The molecule has 0 amide bonds. The van der Waals surface area contributed by atoms with Gasteiger partial charge in [-0.1, -0.05) is 0 Å². The summed E-state index contributed by atoms with van der Waals surface area (Å²) in [5, 5.41) is 0. The number of nitrogen functional groups attached to an aromatic ring is 1. The summed E-state index contributed by atoms with van der Waals surface area (Å²) in [4.78, 5) is 0.